The molecule has 0 saturated heterocycles. The second-order valence-electron chi connectivity index (χ2n) is 5.62. The average molecular weight is 409 g/mol. The molecule has 21 heavy (non-hydrogen) atoms. The lowest BCUT2D eigenvalue weighted by Crippen LogP contribution is -2.13. The van der Waals surface area contributed by atoms with Gasteiger partial charge in [-0.05, 0) is 45.1 Å². The van der Waals surface area contributed by atoms with Gasteiger partial charge in [-0.2, -0.15) is 0 Å². The summed E-state index contributed by atoms with van der Waals surface area (Å²) in [6.07, 6.45) is 0. The average Bonchev–Trinajstić information content (AvgIpc) is 2.69. The quantitative estimate of drug-likeness (QED) is 0.752. The van der Waals surface area contributed by atoms with E-state index in [0.717, 1.165) is 16.9 Å². The van der Waals surface area contributed by atoms with Crippen molar-refractivity contribution in [3.63, 3.8) is 0 Å². The molecule has 1 N–H and O–H groups in total. The molecule has 1 aromatic heterocycles. The van der Waals surface area contributed by atoms with Crippen molar-refractivity contribution in [3.8, 4) is 0 Å². The number of hydrogen-bond acceptors (Lipinski definition) is 3. The van der Waals surface area contributed by atoms with E-state index in [9.17, 15) is 8.42 Å². The van der Waals surface area contributed by atoms with Gasteiger partial charge in [0.15, 0.2) is 0 Å². The van der Waals surface area contributed by atoms with Crippen molar-refractivity contribution >= 4 is 54.6 Å². The molecule has 7 heteroatoms. The van der Waals surface area contributed by atoms with E-state index in [2.05, 4.69) is 41.4 Å². The molecule has 1 heterocycles. The van der Waals surface area contributed by atoms with E-state index in [4.69, 9.17) is 11.6 Å². The van der Waals surface area contributed by atoms with Crippen LogP contribution in [0.25, 0.3) is 0 Å². The monoisotopic (exact) mass is 407 g/mol. The highest BCUT2D eigenvalue weighted by molar-refractivity contribution is 9.11. The molecule has 0 fully saturated rings. The molecule has 114 valence electrons. The fourth-order valence-electron chi connectivity index (χ4n) is 1.70. The van der Waals surface area contributed by atoms with Crippen LogP contribution >= 0.6 is 38.9 Å². The lowest BCUT2D eigenvalue weighted by atomic mass is 9.87. The van der Waals surface area contributed by atoms with Gasteiger partial charge in [-0.1, -0.05) is 44.5 Å². The van der Waals surface area contributed by atoms with Gasteiger partial charge in [-0.3, -0.25) is 4.72 Å². The van der Waals surface area contributed by atoms with Crippen LogP contribution in [0.3, 0.4) is 0 Å². The maximum absolute atomic E-state index is 12.3. The van der Waals surface area contributed by atoms with E-state index in [1.807, 2.05) is 12.1 Å². The number of sulfonamides is 1. The summed E-state index contributed by atoms with van der Waals surface area (Å²) in [5.41, 5.74) is 1.71. The topological polar surface area (TPSA) is 46.2 Å². The molecule has 0 aliphatic heterocycles. The summed E-state index contributed by atoms with van der Waals surface area (Å²) in [5.74, 6) is 0. The Morgan fingerprint density at radius 2 is 1.76 bits per heavy atom. The zero-order valence-electron chi connectivity index (χ0n) is 11.8. The Morgan fingerprint density at radius 3 is 2.19 bits per heavy atom. The van der Waals surface area contributed by atoms with Crippen LogP contribution in [0.5, 0.6) is 0 Å². The van der Waals surface area contributed by atoms with Crippen LogP contribution in [0.1, 0.15) is 26.3 Å². The Balaban J connectivity index is 2.25. The van der Waals surface area contributed by atoms with Crippen molar-refractivity contribution in [1.29, 1.82) is 0 Å². The van der Waals surface area contributed by atoms with E-state index >= 15 is 0 Å². The van der Waals surface area contributed by atoms with Gasteiger partial charge < -0.3 is 0 Å². The summed E-state index contributed by atoms with van der Waals surface area (Å²) in [6, 6.07) is 8.82. The second-order valence-corrected chi connectivity index (χ2v) is 10.3. The van der Waals surface area contributed by atoms with Crippen LogP contribution in [0.2, 0.25) is 5.02 Å². The number of anilines is 1. The van der Waals surface area contributed by atoms with Crippen molar-refractivity contribution in [2.24, 2.45) is 0 Å². The summed E-state index contributed by atoms with van der Waals surface area (Å²) in [5, 5.41) is 0.392. The summed E-state index contributed by atoms with van der Waals surface area (Å²) in [7, 11) is -3.61. The molecule has 0 aliphatic rings. The van der Waals surface area contributed by atoms with Crippen LogP contribution in [0, 0.1) is 0 Å². The molecule has 0 unspecified atom stereocenters. The maximum atomic E-state index is 12.3. The van der Waals surface area contributed by atoms with Crippen molar-refractivity contribution in [2.45, 2.75) is 30.4 Å². The molecule has 0 atom stereocenters. The third-order valence-electron chi connectivity index (χ3n) is 2.89. The van der Waals surface area contributed by atoms with Crippen molar-refractivity contribution in [3.05, 3.63) is 44.7 Å². The minimum Gasteiger partial charge on any atom is -0.279 e. The Bertz CT molecular complexity index is 727. The molecule has 0 amide bonds. The van der Waals surface area contributed by atoms with Gasteiger partial charge in [0.1, 0.15) is 4.21 Å². The third-order valence-corrected chi connectivity index (χ3v) is 7.22. The minimum absolute atomic E-state index is 0.0313. The minimum atomic E-state index is -3.61. The maximum Gasteiger partial charge on any atom is 0.271 e. The van der Waals surface area contributed by atoms with Gasteiger partial charge in [0, 0.05) is 5.69 Å². The highest BCUT2D eigenvalue weighted by Crippen LogP contribution is 2.35. The van der Waals surface area contributed by atoms with Crippen molar-refractivity contribution < 1.29 is 8.42 Å². The molecular weight excluding hydrogens is 394 g/mol. The molecule has 0 aliphatic carbocycles. The predicted octanol–water partition coefficient (Wildman–Crippen LogP) is 5.26. The van der Waals surface area contributed by atoms with Crippen LogP contribution in [-0.2, 0) is 15.4 Å². The standard InChI is InChI=1S/C14H15BrClNO2S2/c1-14(2,3)9-4-6-10(7-5-9)17-21(18,19)12-8-11(16)13(15)20-12/h4-8,17H,1-3H3. The summed E-state index contributed by atoms with van der Waals surface area (Å²) >= 11 is 10.2. The number of rotatable bonds is 3. The molecule has 2 rings (SSSR count). The summed E-state index contributed by atoms with van der Waals surface area (Å²) in [6.45, 7) is 6.33. The lowest BCUT2D eigenvalue weighted by Gasteiger charge is -2.19. The smallest absolute Gasteiger partial charge is 0.271 e. The number of hydrogen-bond donors (Lipinski definition) is 1. The van der Waals surface area contributed by atoms with E-state index in [-0.39, 0.29) is 9.62 Å². The summed E-state index contributed by atoms with van der Waals surface area (Å²) in [4.78, 5) is 0. The van der Waals surface area contributed by atoms with Gasteiger partial charge in [-0.15, -0.1) is 11.3 Å². The molecule has 1 aromatic carbocycles. The molecule has 2 aromatic rings. The first-order valence-corrected chi connectivity index (χ1v) is 9.65. The zero-order valence-corrected chi connectivity index (χ0v) is 15.8. The number of halogens is 2. The highest BCUT2D eigenvalue weighted by Gasteiger charge is 2.19. The van der Waals surface area contributed by atoms with E-state index in [0.29, 0.717) is 14.5 Å². The number of benzene rings is 1. The van der Waals surface area contributed by atoms with E-state index in [1.165, 1.54) is 6.07 Å². The fourth-order valence-corrected chi connectivity index (χ4v) is 5.16. The molecule has 3 nitrogen and oxygen atoms in total. The first-order valence-electron chi connectivity index (χ1n) is 6.18. The molecule has 0 radical (unpaired) electrons. The first-order chi connectivity index (χ1) is 9.59. The molecule has 0 saturated carbocycles. The van der Waals surface area contributed by atoms with Crippen LogP contribution in [-0.4, -0.2) is 8.42 Å². The molecule has 0 spiro atoms. The van der Waals surface area contributed by atoms with Crippen LogP contribution in [0.15, 0.2) is 38.3 Å². The molecular formula is C14H15BrClNO2S2. The lowest BCUT2D eigenvalue weighted by molar-refractivity contribution is 0.590. The van der Waals surface area contributed by atoms with Crippen molar-refractivity contribution in [2.75, 3.05) is 4.72 Å². The van der Waals surface area contributed by atoms with E-state index < -0.39 is 10.0 Å². The third kappa shape index (κ3) is 4.00. The highest BCUT2D eigenvalue weighted by atomic mass is 79.9. The van der Waals surface area contributed by atoms with Crippen molar-refractivity contribution in [1.82, 2.24) is 0 Å². The normalized spacial score (nSPS) is 12.4. The Labute approximate surface area is 142 Å². The fraction of sp³-hybridized carbons (Fsp3) is 0.286. The Hall–Kier alpha value is -0.560. The van der Waals surface area contributed by atoms with Gasteiger partial charge in [0.25, 0.3) is 10.0 Å². The number of thiophene rings is 1. The van der Waals surface area contributed by atoms with Gasteiger partial charge in [0.2, 0.25) is 0 Å². The number of nitrogens with one attached hydrogen (secondary N) is 1. The van der Waals surface area contributed by atoms with Crippen LogP contribution < -0.4 is 4.72 Å². The second kappa shape index (κ2) is 5.91. The van der Waals surface area contributed by atoms with Gasteiger partial charge in [-0.25, -0.2) is 8.42 Å². The zero-order chi connectivity index (χ0) is 15.8. The van der Waals surface area contributed by atoms with Gasteiger partial charge in [0.05, 0.1) is 8.81 Å². The van der Waals surface area contributed by atoms with E-state index in [1.54, 1.807) is 12.1 Å². The molecule has 0 bridgehead atoms. The Morgan fingerprint density at radius 1 is 1.19 bits per heavy atom. The van der Waals surface area contributed by atoms with Gasteiger partial charge >= 0.3 is 0 Å². The summed E-state index contributed by atoms with van der Waals surface area (Å²) < 4.78 is 27.9. The largest absolute Gasteiger partial charge is 0.279 e. The first kappa shape index (κ1) is 16.8. The SMILES string of the molecule is CC(C)(C)c1ccc(NS(=O)(=O)c2cc(Cl)c(Br)s2)cc1. The Kier molecular flexibility index (Phi) is 4.73. The van der Waals surface area contributed by atoms with Crippen LogP contribution in [0.4, 0.5) is 5.69 Å². The predicted molar refractivity (Wildman–Crippen MR) is 93.0 cm³/mol.